The Morgan fingerprint density at radius 1 is 1.16 bits per heavy atom. The van der Waals surface area contributed by atoms with E-state index in [9.17, 15) is 9.59 Å². The van der Waals surface area contributed by atoms with E-state index in [4.69, 9.17) is 4.74 Å². The quantitative estimate of drug-likeness (QED) is 0.358. The summed E-state index contributed by atoms with van der Waals surface area (Å²) < 4.78 is 6.21. The first kappa shape index (κ1) is 17.4. The molecular formula is C17H12BrN3O3S. The second-order valence-electron chi connectivity index (χ2n) is 4.95. The van der Waals surface area contributed by atoms with E-state index in [0.29, 0.717) is 22.2 Å². The monoisotopic (exact) mass is 417 g/mol. The van der Waals surface area contributed by atoms with Crippen LogP contribution in [0.4, 0.5) is 0 Å². The van der Waals surface area contributed by atoms with Crippen molar-refractivity contribution in [2.75, 3.05) is 5.75 Å². The van der Waals surface area contributed by atoms with Crippen molar-refractivity contribution in [2.24, 2.45) is 10.2 Å². The van der Waals surface area contributed by atoms with Gasteiger partial charge < -0.3 is 10.1 Å². The van der Waals surface area contributed by atoms with Gasteiger partial charge >= 0.3 is 5.97 Å². The molecular weight excluding hydrogens is 406 g/mol. The van der Waals surface area contributed by atoms with Crippen LogP contribution in [0, 0.1) is 0 Å². The number of halogens is 1. The molecule has 1 saturated heterocycles. The number of thioether (sulfide) groups is 1. The summed E-state index contributed by atoms with van der Waals surface area (Å²) >= 11 is 4.63. The van der Waals surface area contributed by atoms with Gasteiger partial charge in [0.1, 0.15) is 5.75 Å². The molecule has 0 unspecified atom stereocenters. The van der Waals surface area contributed by atoms with Gasteiger partial charge in [-0.05, 0) is 54.1 Å². The second kappa shape index (κ2) is 8.09. The second-order valence-corrected chi connectivity index (χ2v) is 6.83. The number of ether oxygens (including phenoxy) is 1. The molecule has 126 valence electrons. The molecule has 6 nitrogen and oxygen atoms in total. The van der Waals surface area contributed by atoms with E-state index in [-0.39, 0.29) is 5.91 Å². The van der Waals surface area contributed by atoms with Crippen molar-refractivity contribution >= 4 is 51.0 Å². The summed E-state index contributed by atoms with van der Waals surface area (Å²) in [5, 5.41) is 10.9. The van der Waals surface area contributed by atoms with Gasteiger partial charge in [0.15, 0.2) is 5.17 Å². The average Bonchev–Trinajstić information content (AvgIpc) is 3.02. The van der Waals surface area contributed by atoms with Gasteiger partial charge in [0.25, 0.3) is 0 Å². The standard InChI is InChI=1S/C17H12BrN3O3S/c18-13-5-3-12(4-6-13)16(23)24-14-7-1-11(2-8-14)9-19-21-17-20-15(22)10-25-17/h1-9H,10H2,(H,20,21,22)/b19-9-. The fraction of sp³-hybridized carbons (Fsp3) is 0.0588. The fourth-order valence-corrected chi connectivity index (χ4v) is 2.80. The van der Waals surface area contributed by atoms with Crippen molar-refractivity contribution < 1.29 is 14.3 Å². The normalized spacial score (nSPS) is 15.6. The Labute approximate surface area is 156 Å². The first-order valence-electron chi connectivity index (χ1n) is 7.22. The maximum atomic E-state index is 12.0. The summed E-state index contributed by atoms with van der Waals surface area (Å²) in [6.45, 7) is 0. The molecule has 0 atom stereocenters. The number of amidine groups is 1. The lowest BCUT2D eigenvalue weighted by Crippen LogP contribution is -2.19. The third-order valence-electron chi connectivity index (χ3n) is 3.11. The van der Waals surface area contributed by atoms with Crippen LogP contribution in [0.3, 0.4) is 0 Å². The molecule has 1 aliphatic heterocycles. The van der Waals surface area contributed by atoms with Crippen LogP contribution in [0.15, 0.2) is 63.2 Å². The number of hydrogen-bond acceptors (Lipinski definition) is 6. The third kappa shape index (κ3) is 5.01. The molecule has 1 heterocycles. The largest absolute Gasteiger partial charge is 0.423 e. The molecule has 0 spiro atoms. The molecule has 2 aromatic carbocycles. The lowest BCUT2D eigenvalue weighted by Gasteiger charge is -2.04. The van der Waals surface area contributed by atoms with E-state index in [1.54, 1.807) is 54.7 Å². The Morgan fingerprint density at radius 2 is 1.88 bits per heavy atom. The van der Waals surface area contributed by atoms with Crippen molar-refractivity contribution in [1.82, 2.24) is 5.32 Å². The number of hydrogen-bond donors (Lipinski definition) is 1. The third-order valence-corrected chi connectivity index (χ3v) is 4.50. The molecule has 1 amide bonds. The highest BCUT2D eigenvalue weighted by Crippen LogP contribution is 2.16. The smallest absolute Gasteiger partial charge is 0.343 e. The zero-order chi connectivity index (χ0) is 17.6. The Bertz CT molecular complexity index is 848. The highest BCUT2D eigenvalue weighted by Gasteiger charge is 2.15. The van der Waals surface area contributed by atoms with Gasteiger partial charge in [-0.25, -0.2) is 4.79 Å². The topological polar surface area (TPSA) is 80.1 Å². The number of rotatable bonds is 4. The van der Waals surface area contributed by atoms with Gasteiger partial charge in [-0.1, -0.05) is 27.7 Å². The van der Waals surface area contributed by atoms with E-state index in [2.05, 4.69) is 31.4 Å². The van der Waals surface area contributed by atoms with Crippen molar-refractivity contribution in [3.8, 4) is 5.75 Å². The van der Waals surface area contributed by atoms with Crippen LogP contribution in [0.2, 0.25) is 0 Å². The maximum absolute atomic E-state index is 12.0. The van der Waals surface area contributed by atoms with Gasteiger partial charge in [0, 0.05) is 4.47 Å². The van der Waals surface area contributed by atoms with Crippen molar-refractivity contribution in [1.29, 1.82) is 0 Å². The van der Waals surface area contributed by atoms with Crippen molar-refractivity contribution in [2.45, 2.75) is 0 Å². The molecule has 25 heavy (non-hydrogen) atoms. The Hall–Kier alpha value is -2.45. The van der Waals surface area contributed by atoms with Crippen LogP contribution in [-0.2, 0) is 4.79 Å². The van der Waals surface area contributed by atoms with Gasteiger partial charge in [0.2, 0.25) is 5.91 Å². The molecule has 0 radical (unpaired) electrons. The number of esters is 1. The lowest BCUT2D eigenvalue weighted by atomic mass is 10.2. The average molecular weight is 418 g/mol. The van der Waals surface area contributed by atoms with Gasteiger partial charge in [0.05, 0.1) is 17.5 Å². The van der Waals surface area contributed by atoms with Crippen LogP contribution in [0.5, 0.6) is 5.75 Å². The van der Waals surface area contributed by atoms with E-state index in [1.165, 1.54) is 11.8 Å². The summed E-state index contributed by atoms with van der Waals surface area (Å²) in [7, 11) is 0. The molecule has 3 rings (SSSR count). The molecule has 1 aliphatic rings. The summed E-state index contributed by atoms with van der Waals surface area (Å²) in [4.78, 5) is 23.1. The van der Waals surface area contributed by atoms with E-state index in [1.807, 2.05) is 0 Å². The van der Waals surface area contributed by atoms with Crippen LogP contribution in [0.25, 0.3) is 0 Å². The number of benzene rings is 2. The van der Waals surface area contributed by atoms with Crippen LogP contribution < -0.4 is 10.1 Å². The Kier molecular flexibility index (Phi) is 5.62. The minimum Gasteiger partial charge on any atom is -0.423 e. The summed E-state index contributed by atoms with van der Waals surface area (Å²) in [6, 6.07) is 13.8. The van der Waals surface area contributed by atoms with Crippen LogP contribution in [0.1, 0.15) is 15.9 Å². The highest BCUT2D eigenvalue weighted by molar-refractivity contribution is 9.10. The molecule has 0 aromatic heterocycles. The molecule has 0 bridgehead atoms. The maximum Gasteiger partial charge on any atom is 0.343 e. The van der Waals surface area contributed by atoms with E-state index < -0.39 is 5.97 Å². The predicted molar refractivity (Wildman–Crippen MR) is 101 cm³/mol. The van der Waals surface area contributed by atoms with Gasteiger partial charge in [-0.3, -0.25) is 4.79 Å². The van der Waals surface area contributed by atoms with Crippen molar-refractivity contribution in [3.05, 3.63) is 64.1 Å². The number of carbonyl (C=O) groups is 2. The number of carbonyl (C=O) groups excluding carboxylic acids is 2. The molecule has 2 aromatic rings. The predicted octanol–water partition coefficient (Wildman–Crippen LogP) is 3.22. The minimum absolute atomic E-state index is 0.0732. The number of nitrogens with one attached hydrogen (secondary N) is 1. The highest BCUT2D eigenvalue weighted by atomic mass is 79.9. The summed E-state index contributed by atoms with van der Waals surface area (Å²) in [5.41, 5.74) is 1.27. The molecule has 1 N–H and O–H groups in total. The fourth-order valence-electron chi connectivity index (χ4n) is 1.90. The zero-order valence-corrected chi connectivity index (χ0v) is 15.2. The van der Waals surface area contributed by atoms with Gasteiger partial charge in [-0.2, -0.15) is 5.10 Å². The molecule has 8 heteroatoms. The van der Waals surface area contributed by atoms with Crippen LogP contribution in [-0.4, -0.2) is 29.0 Å². The first-order chi connectivity index (χ1) is 12.1. The Morgan fingerprint density at radius 3 is 2.52 bits per heavy atom. The molecule has 0 saturated carbocycles. The summed E-state index contributed by atoms with van der Waals surface area (Å²) in [6.07, 6.45) is 1.55. The Balaban J connectivity index is 1.59. The number of amides is 1. The molecule has 1 fully saturated rings. The number of nitrogens with zero attached hydrogens (tertiary/aromatic N) is 2. The van der Waals surface area contributed by atoms with Crippen LogP contribution >= 0.6 is 27.7 Å². The molecule has 0 aliphatic carbocycles. The van der Waals surface area contributed by atoms with Gasteiger partial charge in [-0.15, -0.1) is 5.10 Å². The van der Waals surface area contributed by atoms with Crippen molar-refractivity contribution in [3.63, 3.8) is 0 Å². The lowest BCUT2D eigenvalue weighted by molar-refractivity contribution is -0.116. The summed E-state index contributed by atoms with van der Waals surface area (Å²) in [5.74, 6) is 0.312. The first-order valence-corrected chi connectivity index (χ1v) is 8.99. The minimum atomic E-state index is -0.422. The SMILES string of the molecule is O=C1CSC(=N/N=C\c2ccc(OC(=O)c3ccc(Br)cc3)cc2)N1. The van der Waals surface area contributed by atoms with E-state index in [0.717, 1.165) is 10.0 Å². The zero-order valence-electron chi connectivity index (χ0n) is 12.8. The van der Waals surface area contributed by atoms with E-state index >= 15 is 0 Å².